The van der Waals surface area contributed by atoms with Gasteiger partial charge in [-0.25, -0.2) is 18.4 Å². The first kappa shape index (κ1) is 13.7. The smallest absolute Gasteiger partial charge is 0.271 e. The van der Waals surface area contributed by atoms with Gasteiger partial charge >= 0.3 is 0 Å². The van der Waals surface area contributed by atoms with Crippen LogP contribution in [-0.2, 0) is 10.0 Å². The van der Waals surface area contributed by atoms with Crippen molar-refractivity contribution in [2.24, 2.45) is 0 Å². The molecule has 1 aromatic heterocycles. The zero-order valence-electron chi connectivity index (χ0n) is 9.92. The second-order valence-corrected chi connectivity index (χ2v) is 5.37. The summed E-state index contributed by atoms with van der Waals surface area (Å²) >= 11 is 0. The minimum absolute atomic E-state index is 0.0562. The standard InChI is InChI=1S/C10H9N5O4S/c11-10-12-5-9(6-13-10)20(18,19)14-7-2-1-3-8(4-7)15(16)17/h1-6,14H,(H2,11,12,13). The molecule has 0 bridgehead atoms. The van der Waals surface area contributed by atoms with Crippen LogP contribution in [0.15, 0.2) is 41.6 Å². The molecule has 2 rings (SSSR count). The van der Waals surface area contributed by atoms with E-state index in [-0.39, 0.29) is 22.2 Å². The third-order valence-corrected chi connectivity index (χ3v) is 3.60. The molecule has 0 spiro atoms. The molecule has 0 aliphatic heterocycles. The largest absolute Gasteiger partial charge is 0.368 e. The van der Waals surface area contributed by atoms with Gasteiger partial charge in [0.2, 0.25) is 5.95 Å². The first-order valence-electron chi connectivity index (χ1n) is 5.23. The normalized spacial score (nSPS) is 11.0. The number of nitrogens with two attached hydrogens (primary N) is 1. The van der Waals surface area contributed by atoms with E-state index in [1.807, 2.05) is 0 Å². The average molecular weight is 295 g/mol. The summed E-state index contributed by atoms with van der Waals surface area (Å²) in [6.07, 6.45) is 2.09. The van der Waals surface area contributed by atoms with Crippen molar-refractivity contribution < 1.29 is 13.3 Å². The molecular weight excluding hydrogens is 286 g/mol. The molecule has 0 aliphatic carbocycles. The number of nitrogens with one attached hydrogen (secondary N) is 1. The van der Waals surface area contributed by atoms with E-state index >= 15 is 0 Å². The number of rotatable bonds is 4. The van der Waals surface area contributed by atoms with Crippen molar-refractivity contribution in [1.82, 2.24) is 9.97 Å². The lowest BCUT2D eigenvalue weighted by molar-refractivity contribution is -0.384. The number of benzene rings is 1. The summed E-state index contributed by atoms with van der Waals surface area (Å²) in [5.41, 5.74) is 5.11. The summed E-state index contributed by atoms with van der Waals surface area (Å²) in [4.78, 5) is 16.9. The third-order valence-electron chi connectivity index (χ3n) is 2.27. The van der Waals surface area contributed by atoms with Crippen LogP contribution in [-0.4, -0.2) is 23.3 Å². The second-order valence-electron chi connectivity index (χ2n) is 3.69. The van der Waals surface area contributed by atoms with Gasteiger partial charge in [0.25, 0.3) is 15.7 Å². The van der Waals surface area contributed by atoms with Crippen LogP contribution in [0, 0.1) is 10.1 Å². The van der Waals surface area contributed by atoms with Crippen LogP contribution in [0.1, 0.15) is 0 Å². The first-order valence-corrected chi connectivity index (χ1v) is 6.71. The minimum atomic E-state index is -3.93. The molecule has 3 N–H and O–H groups in total. The van der Waals surface area contributed by atoms with Gasteiger partial charge in [0.1, 0.15) is 4.90 Å². The van der Waals surface area contributed by atoms with Crippen LogP contribution in [0.4, 0.5) is 17.3 Å². The summed E-state index contributed by atoms with van der Waals surface area (Å²) in [6, 6.07) is 5.12. The second kappa shape index (κ2) is 5.09. The van der Waals surface area contributed by atoms with Crippen LogP contribution >= 0.6 is 0 Å². The Morgan fingerprint density at radius 1 is 1.25 bits per heavy atom. The Hall–Kier alpha value is -2.75. The molecule has 0 amide bonds. The van der Waals surface area contributed by atoms with Crippen molar-refractivity contribution in [3.8, 4) is 0 Å². The predicted molar refractivity (Wildman–Crippen MR) is 70.3 cm³/mol. The molecular formula is C10H9N5O4S. The number of nitrogen functional groups attached to an aromatic ring is 1. The molecule has 0 aliphatic rings. The van der Waals surface area contributed by atoms with Gasteiger partial charge in [-0.1, -0.05) is 6.07 Å². The van der Waals surface area contributed by atoms with Gasteiger partial charge in [0.15, 0.2) is 0 Å². The van der Waals surface area contributed by atoms with Crippen molar-refractivity contribution in [3.63, 3.8) is 0 Å². The maximum atomic E-state index is 12.0. The molecule has 104 valence electrons. The van der Waals surface area contributed by atoms with Crippen LogP contribution in [0.5, 0.6) is 0 Å². The lowest BCUT2D eigenvalue weighted by Crippen LogP contribution is -2.14. The molecule has 0 unspecified atom stereocenters. The number of nitrogens with zero attached hydrogens (tertiary/aromatic N) is 3. The molecule has 10 heteroatoms. The molecule has 1 aromatic carbocycles. The fourth-order valence-electron chi connectivity index (χ4n) is 1.36. The third kappa shape index (κ3) is 2.98. The van der Waals surface area contributed by atoms with Crippen molar-refractivity contribution in [3.05, 3.63) is 46.8 Å². The molecule has 0 radical (unpaired) electrons. The van der Waals surface area contributed by atoms with Gasteiger partial charge < -0.3 is 5.73 Å². The Morgan fingerprint density at radius 3 is 2.50 bits per heavy atom. The molecule has 9 nitrogen and oxygen atoms in total. The van der Waals surface area contributed by atoms with E-state index in [1.54, 1.807) is 0 Å². The predicted octanol–water partition coefficient (Wildman–Crippen LogP) is 0.768. The van der Waals surface area contributed by atoms with Crippen LogP contribution in [0.25, 0.3) is 0 Å². The minimum Gasteiger partial charge on any atom is -0.368 e. The highest BCUT2D eigenvalue weighted by Crippen LogP contribution is 2.20. The van der Waals surface area contributed by atoms with E-state index in [2.05, 4.69) is 14.7 Å². The lowest BCUT2D eigenvalue weighted by atomic mass is 10.3. The van der Waals surface area contributed by atoms with Gasteiger partial charge in [-0.3, -0.25) is 14.8 Å². The summed E-state index contributed by atoms with van der Waals surface area (Å²) in [5, 5.41) is 10.6. The monoisotopic (exact) mass is 295 g/mol. The maximum absolute atomic E-state index is 12.0. The first-order chi connectivity index (χ1) is 9.38. The van der Waals surface area contributed by atoms with Crippen molar-refractivity contribution >= 4 is 27.3 Å². The Labute approximate surface area is 113 Å². The maximum Gasteiger partial charge on any atom is 0.271 e. The van der Waals surface area contributed by atoms with Gasteiger partial charge in [-0.05, 0) is 6.07 Å². The SMILES string of the molecule is Nc1ncc(S(=O)(=O)Nc2cccc([N+](=O)[O-])c2)cn1. The quantitative estimate of drug-likeness (QED) is 0.626. The zero-order chi connectivity index (χ0) is 14.8. The van der Waals surface area contributed by atoms with E-state index in [1.165, 1.54) is 18.2 Å². The molecule has 0 fully saturated rings. The Morgan fingerprint density at radius 2 is 1.90 bits per heavy atom. The highest BCUT2D eigenvalue weighted by molar-refractivity contribution is 7.92. The number of sulfonamides is 1. The van der Waals surface area contributed by atoms with Crippen molar-refractivity contribution in [1.29, 1.82) is 0 Å². The Kier molecular flexibility index (Phi) is 3.48. The topological polar surface area (TPSA) is 141 Å². The van der Waals surface area contributed by atoms with E-state index in [4.69, 9.17) is 5.73 Å². The van der Waals surface area contributed by atoms with Crippen LogP contribution in [0.2, 0.25) is 0 Å². The highest BCUT2D eigenvalue weighted by Gasteiger charge is 2.16. The average Bonchev–Trinajstić information content (AvgIpc) is 2.39. The van der Waals surface area contributed by atoms with E-state index in [0.29, 0.717) is 0 Å². The molecule has 0 atom stereocenters. The summed E-state index contributed by atoms with van der Waals surface area (Å²) in [5.74, 6) is -0.0562. The van der Waals surface area contributed by atoms with Gasteiger partial charge in [-0.15, -0.1) is 0 Å². The van der Waals surface area contributed by atoms with E-state index < -0.39 is 14.9 Å². The van der Waals surface area contributed by atoms with Gasteiger partial charge in [0, 0.05) is 12.1 Å². The molecule has 0 saturated heterocycles. The Bertz CT molecular complexity index is 744. The van der Waals surface area contributed by atoms with E-state index in [9.17, 15) is 18.5 Å². The molecule has 20 heavy (non-hydrogen) atoms. The summed E-state index contributed by atoms with van der Waals surface area (Å²) < 4.78 is 26.2. The number of hydrogen-bond acceptors (Lipinski definition) is 7. The molecule has 2 aromatic rings. The van der Waals surface area contributed by atoms with Crippen LogP contribution in [0.3, 0.4) is 0 Å². The van der Waals surface area contributed by atoms with Gasteiger partial charge in [0.05, 0.1) is 23.0 Å². The summed E-state index contributed by atoms with van der Waals surface area (Å²) in [6.45, 7) is 0. The highest BCUT2D eigenvalue weighted by atomic mass is 32.2. The van der Waals surface area contributed by atoms with Crippen LogP contribution < -0.4 is 10.5 Å². The van der Waals surface area contributed by atoms with Crippen molar-refractivity contribution in [2.45, 2.75) is 4.90 Å². The van der Waals surface area contributed by atoms with E-state index in [0.717, 1.165) is 18.5 Å². The van der Waals surface area contributed by atoms with Gasteiger partial charge in [-0.2, -0.15) is 0 Å². The number of aromatic nitrogens is 2. The molecule has 0 saturated carbocycles. The fraction of sp³-hybridized carbons (Fsp3) is 0. The number of nitro benzene ring substituents is 1. The molecule has 1 heterocycles. The van der Waals surface area contributed by atoms with Crippen molar-refractivity contribution in [2.75, 3.05) is 10.5 Å². The Balaban J connectivity index is 2.31. The number of nitro groups is 1. The number of anilines is 2. The number of hydrogen-bond donors (Lipinski definition) is 2. The summed E-state index contributed by atoms with van der Waals surface area (Å²) in [7, 11) is -3.93. The fourth-order valence-corrected chi connectivity index (χ4v) is 2.30. The lowest BCUT2D eigenvalue weighted by Gasteiger charge is -2.07. The number of non-ortho nitro benzene ring substituents is 1. The zero-order valence-corrected chi connectivity index (χ0v) is 10.7.